The molecule has 0 spiro atoms. The molecule has 12 heavy (non-hydrogen) atoms. The summed E-state index contributed by atoms with van der Waals surface area (Å²) in [6, 6.07) is 2.38. The van der Waals surface area contributed by atoms with E-state index in [1.54, 1.807) is 0 Å². The summed E-state index contributed by atoms with van der Waals surface area (Å²) in [5.41, 5.74) is 0. The van der Waals surface area contributed by atoms with Crippen molar-refractivity contribution in [2.24, 2.45) is 17.8 Å². The molecule has 1 aliphatic rings. The van der Waals surface area contributed by atoms with Crippen LogP contribution in [0.15, 0.2) is 0 Å². The van der Waals surface area contributed by atoms with Crippen LogP contribution in [-0.2, 0) is 0 Å². The molecule has 1 aliphatic carbocycles. The lowest BCUT2D eigenvalue weighted by molar-refractivity contribution is 0.274. The van der Waals surface area contributed by atoms with Crippen molar-refractivity contribution in [1.82, 2.24) is 0 Å². The molecule has 1 fully saturated rings. The molecule has 1 saturated carbocycles. The van der Waals surface area contributed by atoms with E-state index in [1.807, 2.05) is 0 Å². The van der Waals surface area contributed by atoms with Crippen LogP contribution in [-0.4, -0.2) is 0 Å². The Morgan fingerprint density at radius 1 is 1.25 bits per heavy atom. The quantitative estimate of drug-likeness (QED) is 0.615. The van der Waals surface area contributed by atoms with Crippen LogP contribution in [0.25, 0.3) is 0 Å². The fraction of sp³-hybridized carbons (Fsp3) is 0.909. The maximum Gasteiger partial charge on any atom is 0.0655 e. The maximum atomic E-state index is 8.71. The number of hydrogen-bond donors (Lipinski definition) is 0. The van der Waals surface area contributed by atoms with Gasteiger partial charge in [0, 0.05) is 5.92 Å². The van der Waals surface area contributed by atoms with Gasteiger partial charge in [-0.2, -0.15) is 5.26 Å². The van der Waals surface area contributed by atoms with E-state index in [1.165, 1.54) is 19.3 Å². The normalized spacial score (nSPS) is 30.2. The molecule has 0 atom stereocenters. The van der Waals surface area contributed by atoms with Crippen molar-refractivity contribution in [3.05, 3.63) is 0 Å². The van der Waals surface area contributed by atoms with Crippen molar-refractivity contribution in [2.75, 3.05) is 0 Å². The maximum absolute atomic E-state index is 8.71. The van der Waals surface area contributed by atoms with Crippen LogP contribution < -0.4 is 0 Å². The van der Waals surface area contributed by atoms with Gasteiger partial charge in [-0.15, -0.1) is 0 Å². The van der Waals surface area contributed by atoms with Crippen LogP contribution >= 0.6 is 0 Å². The van der Waals surface area contributed by atoms with E-state index >= 15 is 0 Å². The predicted molar refractivity (Wildman–Crippen MR) is 50.5 cm³/mol. The van der Waals surface area contributed by atoms with Gasteiger partial charge in [-0.05, 0) is 43.9 Å². The predicted octanol–water partition coefficient (Wildman–Crippen LogP) is 3.36. The van der Waals surface area contributed by atoms with E-state index in [-0.39, 0.29) is 0 Å². The van der Waals surface area contributed by atoms with Crippen molar-refractivity contribution < 1.29 is 0 Å². The molecule has 0 radical (unpaired) electrons. The van der Waals surface area contributed by atoms with Gasteiger partial charge in [-0.25, -0.2) is 0 Å². The molecule has 0 saturated heterocycles. The van der Waals surface area contributed by atoms with Crippen molar-refractivity contribution in [3.8, 4) is 6.07 Å². The third kappa shape index (κ3) is 2.85. The summed E-state index contributed by atoms with van der Waals surface area (Å²) in [5.74, 6) is 2.11. The van der Waals surface area contributed by atoms with E-state index in [9.17, 15) is 0 Å². The molecule has 1 rings (SSSR count). The molecule has 0 aromatic rings. The monoisotopic (exact) mass is 165 g/mol. The largest absolute Gasteiger partial charge is 0.198 e. The first-order valence-electron chi connectivity index (χ1n) is 5.12. The van der Waals surface area contributed by atoms with E-state index in [2.05, 4.69) is 19.9 Å². The van der Waals surface area contributed by atoms with Gasteiger partial charge >= 0.3 is 0 Å². The van der Waals surface area contributed by atoms with Crippen LogP contribution in [0, 0.1) is 29.1 Å². The van der Waals surface area contributed by atoms with Gasteiger partial charge in [0.1, 0.15) is 0 Å². The first-order chi connectivity index (χ1) is 5.72. The summed E-state index contributed by atoms with van der Waals surface area (Å²) in [6.07, 6.45) is 6.23. The van der Waals surface area contributed by atoms with Crippen LogP contribution in [0.3, 0.4) is 0 Å². The zero-order chi connectivity index (χ0) is 8.97. The first kappa shape index (κ1) is 9.58. The molecule has 0 bridgehead atoms. The topological polar surface area (TPSA) is 23.8 Å². The van der Waals surface area contributed by atoms with Gasteiger partial charge in [-0.3, -0.25) is 0 Å². The van der Waals surface area contributed by atoms with Crippen molar-refractivity contribution >= 4 is 0 Å². The van der Waals surface area contributed by atoms with Crippen molar-refractivity contribution in [1.29, 1.82) is 5.26 Å². The Kier molecular flexibility index (Phi) is 3.59. The van der Waals surface area contributed by atoms with Crippen molar-refractivity contribution in [2.45, 2.75) is 46.0 Å². The van der Waals surface area contributed by atoms with Crippen LogP contribution in [0.1, 0.15) is 46.0 Å². The zero-order valence-electron chi connectivity index (χ0n) is 8.21. The van der Waals surface area contributed by atoms with Gasteiger partial charge < -0.3 is 0 Å². The van der Waals surface area contributed by atoms with Gasteiger partial charge in [-0.1, -0.05) is 13.8 Å². The molecule has 0 heterocycles. The number of rotatable bonds is 2. The number of nitrogens with zero attached hydrogens (tertiary/aromatic N) is 1. The summed E-state index contributed by atoms with van der Waals surface area (Å²) in [6.45, 7) is 4.58. The summed E-state index contributed by atoms with van der Waals surface area (Å²) >= 11 is 0. The standard InChI is InChI=1S/C11H19N/c1-9(2)7-10-3-5-11(8-12)6-4-10/h9-11H,3-7H2,1-2H3. The molecule has 0 N–H and O–H groups in total. The lowest BCUT2D eigenvalue weighted by Crippen LogP contribution is -2.14. The zero-order valence-corrected chi connectivity index (χ0v) is 8.21. The third-order valence-electron chi connectivity index (χ3n) is 2.83. The highest BCUT2D eigenvalue weighted by molar-refractivity contribution is 4.87. The molecular weight excluding hydrogens is 146 g/mol. The van der Waals surface area contributed by atoms with Crippen LogP contribution in [0.4, 0.5) is 0 Å². The molecule has 1 heteroatoms. The molecule has 0 aromatic carbocycles. The van der Waals surface area contributed by atoms with Crippen LogP contribution in [0.5, 0.6) is 0 Å². The Labute approximate surface area is 75.8 Å². The fourth-order valence-electron chi connectivity index (χ4n) is 2.19. The second kappa shape index (κ2) is 4.50. The molecule has 1 nitrogen and oxygen atoms in total. The minimum Gasteiger partial charge on any atom is -0.198 e. The molecule has 0 unspecified atom stereocenters. The third-order valence-corrected chi connectivity index (χ3v) is 2.83. The number of nitriles is 1. The van der Waals surface area contributed by atoms with Crippen LogP contribution in [0.2, 0.25) is 0 Å². The van der Waals surface area contributed by atoms with Gasteiger partial charge in [0.25, 0.3) is 0 Å². The highest BCUT2D eigenvalue weighted by Gasteiger charge is 2.20. The molecule has 0 aliphatic heterocycles. The average molecular weight is 165 g/mol. The molecule has 0 aromatic heterocycles. The summed E-state index contributed by atoms with van der Waals surface area (Å²) < 4.78 is 0. The first-order valence-corrected chi connectivity index (χ1v) is 5.12. The number of hydrogen-bond acceptors (Lipinski definition) is 1. The Morgan fingerprint density at radius 3 is 2.25 bits per heavy atom. The van der Waals surface area contributed by atoms with Gasteiger partial charge in [0.15, 0.2) is 0 Å². The Balaban J connectivity index is 2.23. The summed E-state index contributed by atoms with van der Waals surface area (Å²) in [4.78, 5) is 0. The van der Waals surface area contributed by atoms with Crippen molar-refractivity contribution in [3.63, 3.8) is 0 Å². The average Bonchev–Trinajstić information content (AvgIpc) is 2.05. The van der Waals surface area contributed by atoms with E-state index in [0.717, 1.165) is 24.7 Å². The van der Waals surface area contributed by atoms with E-state index < -0.39 is 0 Å². The second-order valence-corrected chi connectivity index (χ2v) is 4.48. The molecule has 0 amide bonds. The Bertz CT molecular complexity index is 158. The lowest BCUT2D eigenvalue weighted by Gasteiger charge is -2.25. The Morgan fingerprint density at radius 2 is 1.83 bits per heavy atom. The molecular formula is C11H19N. The minimum absolute atomic E-state index is 0.369. The molecule has 68 valence electrons. The summed E-state index contributed by atoms with van der Waals surface area (Å²) in [7, 11) is 0. The van der Waals surface area contributed by atoms with Gasteiger partial charge in [0.2, 0.25) is 0 Å². The van der Waals surface area contributed by atoms with E-state index in [0.29, 0.717) is 5.92 Å². The Hall–Kier alpha value is -0.510. The van der Waals surface area contributed by atoms with Gasteiger partial charge in [0.05, 0.1) is 6.07 Å². The SMILES string of the molecule is CC(C)CC1CCC(C#N)CC1. The smallest absolute Gasteiger partial charge is 0.0655 e. The highest BCUT2D eigenvalue weighted by Crippen LogP contribution is 2.31. The summed E-state index contributed by atoms with van der Waals surface area (Å²) in [5, 5.41) is 8.71. The minimum atomic E-state index is 0.369. The lowest BCUT2D eigenvalue weighted by atomic mass is 9.79. The highest BCUT2D eigenvalue weighted by atomic mass is 14.3. The fourth-order valence-corrected chi connectivity index (χ4v) is 2.19. The van der Waals surface area contributed by atoms with E-state index in [4.69, 9.17) is 5.26 Å². The second-order valence-electron chi connectivity index (χ2n) is 4.48.